The Labute approximate surface area is 161 Å². The standard InChI is InChI=1S/C18H19Cl2N3OS/c19-11-1-4-15(16(20)7-11)18-22-12(10-25-18)8-17(24)23-13-2-3-14(23)9-21-6-5-13/h1,4,7,10,13-14,21H,2-3,5-6,8-9H2. The minimum Gasteiger partial charge on any atom is -0.335 e. The Hall–Kier alpha value is -1.14. The highest BCUT2D eigenvalue weighted by Gasteiger charge is 2.37. The maximum atomic E-state index is 12.9. The molecule has 4 rings (SSSR count). The van der Waals surface area contributed by atoms with Gasteiger partial charge < -0.3 is 10.2 Å². The molecule has 1 N–H and O–H groups in total. The predicted octanol–water partition coefficient (Wildman–Crippen LogP) is 4.01. The molecule has 1 aromatic heterocycles. The number of carbonyl (C=O) groups excluding carboxylic acids is 1. The summed E-state index contributed by atoms with van der Waals surface area (Å²) in [6.45, 7) is 1.91. The molecular weight excluding hydrogens is 377 g/mol. The molecule has 2 fully saturated rings. The van der Waals surface area contributed by atoms with E-state index in [1.165, 1.54) is 11.3 Å². The van der Waals surface area contributed by atoms with Crippen molar-refractivity contribution in [2.75, 3.05) is 13.1 Å². The first kappa shape index (κ1) is 17.3. The van der Waals surface area contributed by atoms with Gasteiger partial charge in [0.05, 0.1) is 17.1 Å². The number of hydrogen-bond donors (Lipinski definition) is 1. The lowest BCUT2D eigenvalue weighted by Crippen LogP contribution is -2.43. The van der Waals surface area contributed by atoms with E-state index >= 15 is 0 Å². The van der Waals surface area contributed by atoms with Crippen LogP contribution >= 0.6 is 34.5 Å². The van der Waals surface area contributed by atoms with E-state index in [-0.39, 0.29) is 5.91 Å². The number of hydrogen-bond acceptors (Lipinski definition) is 4. The molecular formula is C18H19Cl2N3OS. The first-order valence-corrected chi connectivity index (χ1v) is 10.2. The molecule has 0 spiro atoms. The summed E-state index contributed by atoms with van der Waals surface area (Å²) in [5, 5.41) is 7.39. The van der Waals surface area contributed by atoms with Crippen molar-refractivity contribution in [3.05, 3.63) is 39.3 Å². The van der Waals surface area contributed by atoms with Crippen molar-refractivity contribution < 1.29 is 4.79 Å². The second-order valence-electron chi connectivity index (χ2n) is 6.62. The van der Waals surface area contributed by atoms with Crippen LogP contribution in [-0.2, 0) is 11.2 Å². The fraction of sp³-hybridized carbons (Fsp3) is 0.444. The molecule has 2 aromatic rings. The van der Waals surface area contributed by atoms with E-state index in [0.29, 0.717) is 28.5 Å². The molecule has 3 heterocycles. The van der Waals surface area contributed by atoms with Crippen molar-refractivity contribution in [2.24, 2.45) is 0 Å². The number of amides is 1. The molecule has 25 heavy (non-hydrogen) atoms. The van der Waals surface area contributed by atoms with Gasteiger partial charge in [0.2, 0.25) is 5.91 Å². The van der Waals surface area contributed by atoms with Crippen LogP contribution in [-0.4, -0.2) is 41.0 Å². The Morgan fingerprint density at radius 3 is 2.96 bits per heavy atom. The molecule has 132 valence electrons. The zero-order valence-electron chi connectivity index (χ0n) is 13.7. The van der Waals surface area contributed by atoms with Crippen molar-refractivity contribution in [3.8, 4) is 10.6 Å². The smallest absolute Gasteiger partial charge is 0.229 e. The number of carbonyl (C=O) groups is 1. The minimum absolute atomic E-state index is 0.190. The first-order chi connectivity index (χ1) is 12.1. The van der Waals surface area contributed by atoms with Crippen LogP contribution in [0.25, 0.3) is 10.6 Å². The normalized spacial score (nSPS) is 22.9. The fourth-order valence-corrected chi connectivity index (χ4v) is 5.22. The predicted molar refractivity (Wildman–Crippen MR) is 102 cm³/mol. The number of rotatable bonds is 3. The Morgan fingerprint density at radius 2 is 2.12 bits per heavy atom. The molecule has 2 saturated heterocycles. The van der Waals surface area contributed by atoms with Crippen LogP contribution in [0.15, 0.2) is 23.6 Å². The molecule has 2 aliphatic rings. The van der Waals surface area contributed by atoms with Crippen molar-refractivity contribution in [3.63, 3.8) is 0 Å². The van der Waals surface area contributed by atoms with Gasteiger partial charge >= 0.3 is 0 Å². The van der Waals surface area contributed by atoms with Crippen molar-refractivity contribution in [2.45, 2.75) is 37.8 Å². The lowest BCUT2D eigenvalue weighted by molar-refractivity contribution is -0.133. The van der Waals surface area contributed by atoms with E-state index in [2.05, 4.69) is 15.2 Å². The van der Waals surface area contributed by atoms with E-state index in [1.54, 1.807) is 12.1 Å². The first-order valence-electron chi connectivity index (χ1n) is 8.53. The maximum absolute atomic E-state index is 12.9. The summed E-state index contributed by atoms with van der Waals surface area (Å²) in [7, 11) is 0. The van der Waals surface area contributed by atoms with Gasteiger partial charge in [-0.15, -0.1) is 11.3 Å². The van der Waals surface area contributed by atoms with Crippen LogP contribution < -0.4 is 5.32 Å². The van der Waals surface area contributed by atoms with Crippen LogP contribution in [0, 0.1) is 0 Å². The fourth-order valence-electron chi connectivity index (χ4n) is 3.81. The lowest BCUT2D eigenvalue weighted by Gasteiger charge is -2.27. The quantitative estimate of drug-likeness (QED) is 0.853. The third-order valence-corrected chi connectivity index (χ3v) is 6.46. The Kier molecular flexibility index (Phi) is 5.00. The average molecular weight is 396 g/mol. The molecule has 2 aliphatic heterocycles. The second-order valence-corrected chi connectivity index (χ2v) is 8.33. The van der Waals surface area contributed by atoms with Gasteiger partial charge in [-0.2, -0.15) is 0 Å². The summed E-state index contributed by atoms with van der Waals surface area (Å²) in [6, 6.07) is 6.11. The summed E-state index contributed by atoms with van der Waals surface area (Å²) in [5.41, 5.74) is 1.67. The largest absolute Gasteiger partial charge is 0.335 e. The van der Waals surface area contributed by atoms with E-state index in [9.17, 15) is 4.79 Å². The Bertz CT molecular complexity index is 780. The molecule has 0 aliphatic carbocycles. The van der Waals surface area contributed by atoms with Gasteiger partial charge in [-0.25, -0.2) is 4.98 Å². The van der Waals surface area contributed by atoms with Gasteiger partial charge in [-0.05, 0) is 44.0 Å². The van der Waals surface area contributed by atoms with Gasteiger partial charge in [0.15, 0.2) is 0 Å². The number of aromatic nitrogens is 1. The van der Waals surface area contributed by atoms with Crippen LogP contribution in [0.5, 0.6) is 0 Å². The van der Waals surface area contributed by atoms with Gasteiger partial charge in [0.1, 0.15) is 5.01 Å². The van der Waals surface area contributed by atoms with Crippen molar-refractivity contribution in [1.82, 2.24) is 15.2 Å². The second kappa shape index (κ2) is 7.23. The topological polar surface area (TPSA) is 45.2 Å². The Morgan fingerprint density at radius 1 is 1.28 bits per heavy atom. The van der Waals surface area contributed by atoms with Crippen molar-refractivity contribution in [1.29, 1.82) is 0 Å². The number of fused-ring (bicyclic) bond motifs is 2. The van der Waals surface area contributed by atoms with Gasteiger partial charge in [0, 0.05) is 34.6 Å². The molecule has 2 atom stereocenters. The van der Waals surface area contributed by atoms with E-state index in [1.807, 2.05) is 11.4 Å². The monoisotopic (exact) mass is 395 g/mol. The minimum atomic E-state index is 0.190. The molecule has 4 nitrogen and oxygen atoms in total. The maximum Gasteiger partial charge on any atom is 0.229 e. The molecule has 0 saturated carbocycles. The van der Waals surface area contributed by atoms with E-state index in [4.69, 9.17) is 23.2 Å². The van der Waals surface area contributed by atoms with Gasteiger partial charge in [0.25, 0.3) is 0 Å². The third kappa shape index (κ3) is 3.56. The number of thiazole rings is 1. The van der Waals surface area contributed by atoms with Crippen molar-refractivity contribution >= 4 is 40.4 Å². The summed E-state index contributed by atoms with van der Waals surface area (Å²) >= 11 is 13.7. The molecule has 1 amide bonds. The lowest BCUT2D eigenvalue weighted by atomic mass is 10.1. The summed E-state index contributed by atoms with van der Waals surface area (Å²) < 4.78 is 0. The number of benzene rings is 1. The van der Waals surface area contributed by atoms with E-state index in [0.717, 1.165) is 48.6 Å². The number of halogens is 2. The zero-order valence-corrected chi connectivity index (χ0v) is 16.0. The van der Waals surface area contributed by atoms with Crippen LogP contribution in [0.2, 0.25) is 10.0 Å². The summed E-state index contributed by atoms with van der Waals surface area (Å²) in [6.07, 6.45) is 3.63. The summed E-state index contributed by atoms with van der Waals surface area (Å²) in [4.78, 5) is 19.6. The zero-order chi connectivity index (χ0) is 17.4. The molecule has 0 radical (unpaired) electrons. The molecule has 7 heteroatoms. The highest BCUT2D eigenvalue weighted by atomic mass is 35.5. The van der Waals surface area contributed by atoms with Gasteiger partial charge in [-0.1, -0.05) is 23.2 Å². The molecule has 1 aromatic carbocycles. The highest BCUT2D eigenvalue weighted by Crippen LogP contribution is 2.33. The number of nitrogens with one attached hydrogen (secondary N) is 1. The number of nitrogens with zero attached hydrogens (tertiary/aromatic N) is 2. The molecule has 2 unspecified atom stereocenters. The highest BCUT2D eigenvalue weighted by molar-refractivity contribution is 7.13. The van der Waals surface area contributed by atoms with Crippen LogP contribution in [0.3, 0.4) is 0 Å². The molecule has 2 bridgehead atoms. The average Bonchev–Trinajstić information content (AvgIpc) is 3.10. The van der Waals surface area contributed by atoms with E-state index < -0.39 is 0 Å². The third-order valence-electron chi connectivity index (χ3n) is 4.99. The van der Waals surface area contributed by atoms with Crippen LogP contribution in [0.1, 0.15) is 25.0 Å². The Balaban J connectivity index is 1.50. The van der Waals surface area contributed by atoms with Crippen LogP contribution in [0.4, 0.5) is 0 Å². The summed E-state index contributed by atoms with van der Waals surface area (Å²) in [5.74, 6) is 0.190. The van der Waals surface area contributed by atoms with Gasteiger partial charge in [-0.3, -0.25) is 4.79 Å². The SMILES string of the molecule is O=C(Cc1csc(-c2ccc(Cl)cc2Cl)n1)N1C2CCNCC1CC2.